The summed E-state index contributed by atoms with van der Waals surface area (Å²) in [5.74, 6) is -0.158. The number of ether oxygens (including phenoxy) is 1. The predicted octanol–water partition coefficient (Wildman–Crippen LogP) is 5.51. The van der Waals surface area contributed by atoms with Gasteiger partial charge in [0.1, 0.15) is 0 Å². The van der Waals surface area contributed by atoms with Gasteiger partial charge in [-0.05, 0) is 43.5 Å². The SMILES string of the molecule is Cc1ccc(C)c2sc(N(CCCN3CCOCC3)C(=O)c3ccc(C(=O)c4ccccc4)cc3)nc12. The van der Waals surface area contributed by atoms with E-state index >= 15 is 0 Å². The number of anilines is 1. The fourth-order valence-electron chi connectivity index (χ4n) is 4.60. The van der Waals surface area contributed by atoms with Crippen LogP contribution in [0.2, 0.25) is 0 Å². The summed E-state index contributed by atoms with van der Waals surface area (Å²) in [5.41, 5.74) is 4.96. The fourth-order valence-corrected chi connectivity index (χ4v) is 5.74. The monoisotopic (exact) mass is 513 g/mol. The molecule has 0 atom stereocenters. The van der Waals surface area contributed by atoms with Crippen molar-refractivity contribution in [2.75, 3.05) is 44.3 Å². The quantitative estimate of drug-likeness (QED) is 0.291. The van der Waals surface area contributed by atoms with Crippen LogP contribution in [0.4, 0.5) is 5.13 Å². The van der Waals surface area contributed by atoms with Crippen LogP contribution in [-0.4, -0.2) is 61.0 Å². The molecular formula is C30H31N3O3S. The fraction of sp³-hybridized carbons (Fsp3) is 0.300. The van der Waals surface area contributed by atoms with E-state index in [9.17, 15) is 9.59 Å². The first-order valence-electron chi connectivity index (χ1n) is 12.7. The molecule has 1 aromatic heterocycles. The van der Waals surface area contributed by atoms with Gasteiger partial charge in [0, 0.05) is 42.9 Å². The predicted molar refractivity (Wildman–Crippen MR) is 149 cm³/mol. The highest BCUT2D eigenvalue weighted by molar-refractivity contribution is 7.22. The molecule has 0 aliphatic carbocycles. The molecule has 1 saturated heterocycles. The van der Waals surface area contributed by atoms with Gasteiger partial charge in [0.15, 0.2) is 10.9 Å². The van der Waals surface area contributed by atoms with Gasteiger partial charge in [-0.3, -0.25) is 19.4 Å². The average molecular weight is 514 g/mol. The van der Waals surface area contributed by atoms with E-state index < -0.39 is 0 Å². The van der Waals surface area contributed by atoms with Crippen molar-refractivity contribution in [1.29, 1.82) is 0 Å². The van der Waals surface area contributed by atoms with Crippen molar-refractivity contribution in [2.24, 2.45) is 0 Å². The Bertz CT molecular complexity index is 1350. The van der Waals surface area contributed by atoms with Gasteiger partial charge in [0.2, 0.25) is 0 Å². The lowest BCUT2D eigenvalue weighted by atomic mass is 10.0. The lowest BCUT2D eigenvalue weighted by Crippen LogP contribution is -2.39. The molecular weight excluding hydrogens is 482 g/mol. The summed E-state index contributed by atoms with van der Waals surface area (Å²) < 4.78 is 6.58. The van der Waals surface area contributed by atoms with E-state index in [4.69, 9.17) is 9.72 Å². The van der Waals surface area contributed by atoms with E-state index in [0.717, 1.165) is 60.6 Å². The Morgan fingerprint density at radius 1 is 0.892 bits per heavy atom. The van der Waals surface area contributed by atoms with Crippen molar-refractivity contribution in [3.8, 4) is 0 Å². The molecule has 7 heteroatoms. The van der Waals surface area contributed by atoms with Crippen LogP contribution < -0.4 is 4.90 Å². The van der Waals surface area contributed by atoms with Crippen LogP contribution in [0.5, 0.6) is 0 Å². The van der Waals surface area contributed by atoms with Gasteiger partial charge in [-0.25, -0.2) is 4.98 Å². The zero-order valence-electron chi connectivity index (χ0n) is 21.3. The van der Waals surface area contributed by atoms with Crippen molar-refractivity contribution in [3.63, 3.8) is 0 Å². The second-order valence-corrected chi connectivity index (χ2v) is 10.4. The minimum Gasteiger partial charge on any atom is -0.379 e. The molecule has 190 valence electrons. The van der Waals surface area contributed by atoms with Crippen molar-refractivity contribution < 1.29 is 14.3 Å². The van der Waals surface area contributed by atoms with Gasteiger partial charge in [-0.1, -0.05) is 65.9 Å². The second kappa shape index (κ2) is 11.3. The molecule has 5 rings (SSSR count). The van der Waals surface area contributed by atoms with Crippen LogP contribution in [0.15, 0.2) is 66.7 Å². The molecule has 0 saturated carbocycles. The molecule has 1 fully saturated rings. The topological polar surface area (TPSA) is 62.7 Å². The number of nitrogens with zero attached hydrogens (tertiary/aromatic N) is 3. The standard InChI is InChI=1S/C30H31N3O3S/c1-21-9-10-22(2)28-26(21)31-30(37-28)33(16-6-15-32-17-19-36-20-18-32)29(35)25-13-11-24(12-14-25)27(34)23-7-4-3-5-8-23/h3-5,7-14H,6,15-20H2,1-2H3. The number of rotatable bonds is 8. The molecule has 3 aromatic carbocycles. The van der Waals surface area contributed by atoms with Crippen LogP contribution in [-0.2, 0) is 4.74 Å². The van der Waals surface area contributed by atoms with Gasteiger partial charge < -0.3 is 4.74 Å². The van der Waals surface area contributed by atoms with E-state index in [0.29, 0.717) is 28.4 Å². The third-order valence-corrected chi connectivity index (χ3v) is 8.01. The molecule has 37 heavy (non-hydrogen) atoms. The molecule has 1 amide bonds. The number of carbonyl (C=O) groups is 2. The minimum absolute atomic E-state index is 0.0564. The molecule has 0 spiro atoms. The van der Waals surface area contributed by atoms with Gasteiger partial charge in [-0.2, -0.15) is 0 Å². The molecule has 6 nitrogen and oxygen atoms in total. The molecule has 4 aromatic rings. The lowest BCUT2D eigenvalue weighted by molar-refractivity contribution is 0.0376. The zero-order chi connectivity index (χ0) is 25.8. The number of morpholine rings is 1. The van der Waals surface area contributed by atoms with Crippen LogP contribution in [0.1, 0.15) is 43.8 Å². The number of fused-ring (bicyclic) bond motifs is 1. The van der Waals surface area contributed by atoms with Gasteiger partial charge in [-0.15, -0.1) is 0 Å². The third-order valence-electron chi connectivity index (χ3n) is 6.80. The highest BCUT2D eigenvalue weighted by atomic mass is 32.1. The number of ketones is 1. The van der Waals surface area contributed by atoms with Gasteiger partial charge >= 0.3 is 0 Å². The highest BCUT2D eigenvalue weighted by Crippen LogP contribution is 2.34. The second-order valence-electron chi connectivity index (χ2n) is 9.41. The first-order valence-corrected chi connectivity index (χ1v) is 13.5. The maximum atomic E-state index is 13.8. The first-order chi connectivity index (χ1) is 18.0. The molecule has 1 aliphatic rings. The summed E-state index contributed by atoms with van der Waals surface area (Å²) in [6.45, 7) is 8.96. The van der Waals surface area contributed by atoms with Crippen LogP contribution in [0.3, 0.4) is 0 Å². The summed E-state index contributed by atoms with van der Waals surface area (Å²) in [7, 11) is 0. The van der Waals surface area contributed by atoms with Crippen molar-refractivity contribution >= 4 is 38.4 Å². The Morgan fingerprint density at radius 2 is 1.54 bits per heavy atom. The summed E-state index contributed by atoms with van der Waals surface area (Å²) in [5, 5.41) is 0.712. The molecule has 0 unspecified atom stereocenters. The third kappa shape index (κ3) is 5.64. The number of aryl methyl sites for hydroxylation is 2. The lowest BCUT2D eigenvalue weighted by Gasteiger charge is -2.27. The number of aromatic nitrogens is 1. The van der Waals surface area contributed by atoms with Crippen molar-refractivity contribution in [1.82, 2.24) is 9.88 Å². The number of hydrogen-bond donors (Lipinski definition) is 0. The molecule has 2 heterocycles. The normalized spacial score (nSPS) is 14.1. The Kier molecular flexibility index (Phi) is 7.74. The summed E-state index contributed by atoms with van der Waals surface area (Å²) in [4.78, 5) is 35.7. The summed E-state index contributed by atoms with van der Waals surface area (Å²) in [6.07, 6.45) is 0.838. The van der Waals surface area contributed by atoms with Crippen molar-refractivity contribution in [2.45, 2.75) is 20.3 Å². The largest absolute Gasteiger partial charge is 0.379 e. The maximum absolute atomic E-state index is 13.8. The summed E-state index contributed by atoms with van der Waals surface area (Å²) in [6, 6.07) is 20.3. The van der Waals surface area contributed by atoms with Gasteiger partial charge in [0.05, 0.1) is 23.4 Å². The molecule has 0 bridgehead atoms. The van der Waals surface area contributed by atoms with Gasteiger partial charge in [0.25, 0.3) is 5.91 Å². The van der Waals surface area contributed by atoms with E-state index in [-0.39, 0.29) is 11.7 Å². The Balaban J connectivity index is 1.40. The van der Waals surface area contributed by atoms with E-state index in [1.54, 1.807) is 52.6 Å². The number of amides is 1. The van der Waals surface area contributed by atoms with Crippen LogP contribution in [0.25, 0.3) is 10.2 Å². The molecule has 0 radical (unpaired) electrons. The number of carbonyl (C=O) groups excluding carboxylic acids is 2. The first kappa shape index (κ1) is 25.3. The van der Waals surface area contributed by atoms with Crippen LogP contribution in [0, 0.1) is 13.8 Å². The molecule has 1 aliphatic heterocycles. The highest BCUT2D eigenvalue weighted by Gasteiger charge is 2.23. The maximum Gasteiger partial charge on any atom is 0.260 e. The number of thiazole rings is 1. The average Bonchev–Trinajstić information content (AvgIpc) is 3.40. The number of hydrogen-bond acceptors (Lipinski definition) is 6. The van der Waals surface area contributed by atoms with E-state index in [2.05, 4.69) is 30.9 Å². The minimum atomic E-state index is -0.102. The molecule has 0 N–H and O–H groups in total. The number of benzene rings is 3. The smallest absolute Gasteiger partial charge is 0.260 e. The van der Waals surface area contributed by atoms with Crippen molar-refractivity contribution in [3.05, 3.63) is 94.5 Å². The zero-order valence-corrected chi connectivity index (χ0v) is 22.1. The summed E-state index contributed by atoms with van der Waals surface area (Å²) >= 11 is 1.57. The Hall–Kier alpha value is -3.39. The van der Waals surface area contributed by atoms with Crippen LogP contribution >= 0.6 is 11.3 Å². The van der Waals surface area contributed by atoms with E-state index in [1.165, 1.54) is 0 Å². The Labute approximate surface area is 221 Å². The van der Waals surface area contributed by atoms with E-state index in [1.807, 2.05) is 18.2 Å². The Morgan fingerprint density at radius 3 is 2.24 bits per heavy atom.